The maximum absolute atomic E-state index is 12.9. The predicted octanol–water partition coefficient (Wildman–Crippen LogP) is 12.1. The summed E-state index contributed by atoms with van der Waals surface area (Å²) in [5.74, 6) is 11.8. The standard InChI is InChI=1S/C29H40O4.2C21H34O2.CH4O.Na.H2O/c1-18(30)23-11-12-24-21-10-9-19-17-20(33-27(31)22-7-5-6-8-26(22)32-4)13-15-28(19,2)25(21)14-16-29(23,24)3;2*1-13(22)17-6-7-18-16-5-4-14-12-15(23)8-10-20(14,2)19(16)9-11-21(17,18)3;1-2;;/h5-8,19-21,23-25H,9-17H2,1-4H3;2*14-19,23H,4-12H2,1-3H3;2H,1H3;;1H2/q;;;;+1;/p-1/t19-,20+,21?,23+,24?,25?,28-,29+;14-,15+,16?,17+,18?,19?,20-,21+;14-,15-,16?,17+,18?,19?,20-,21+;;;/m000.../s1. The molecule has 12 aliphatic carbocycles. The number of carbonyl (C=O) groups excluding carboxylic acids is 4. The number of ketones is 3. The van der Waals surface area contributed by atoms with Gasteiger partial charge in [-0.2, -0.15) is 0 Å². The molecule has 12 aliphatic rings. The molecule has 11 heteroatoms. The Morgan fingerprint density at radius 1 is 0.434 bits per heavy atom. The van der Waals surface area contributed by atoms with Gasteiger partial charge in [0.25, 0.3) is 0 Å². The largest absolute Gasteiger partial charge is 1.00 e. The number of hydrogen-bond acceptors (Lipinski definition) is 10. The summed E-state index contributed by atoms with van der Waals surface area (Å²) in [6, 6.07) is 7.33. The third-order valence-electron chi connectivity index (χ3n) is 29.0. The topological polar surface area (TPSA) is 177 Å². The zero-order chi connectivity index (χ0) is 58.2. The number of para-hydroxylation sites is 1. The first-order chi connectivity index (χ1) is 38.5. The van der Waals surface area contributed by atoms with E-state index in [0.29, 0.717) is 68.6 Å². The summed E-state index contributed by atoms with van der Waals surface area (Å²) in [5.41, 5.74) is 2.55. The molecule has 4 N–H and O–H groups in total. The van der Waals surface area contributed by atoms with E-state index in [4.69, 9.17) is 14.6 Å². The fourth-order valence-corrected chi connectivity index (χ4v) is 24.8. The van der Waals surface area contributed by atoms with E-state index in [0.717, 1.165) is 130 Å². The number of hydrogen-bond donors (Lipinski definition) is 3. The Bertz CT molecular complexity index is 2360. The number of carbonyl (C=O) groups is 4. The second-order valence-electron chi connectivity index (χ2n) is 31.7. The van der Waals surface area contributed by atoms with Crippen LogP contribution in [0.5, 0.6) is 5.75 Å². The van der Waals surface area contributed by atoms with Crippen molar-refractivity contribution in [3.8, 4) is 5.75 Å². The Labute approximate surface area is 524 Å². The van der Waals surface area contributed by atoms with Crippen molar-refractivity contribution in [3.05, 3.63) is 29.8 Å². The van der Waals surface area contributed by atoms with Crippen LogP contribution in [0.2, 0.25) is 0 Å². The summed E-state index contributed by atoms with van der Waals surface area (Å²) in [7, 11) is 2.59. The molecule has 462 valence electrons. The molecule has 1 aromatic carbocycles. The fourth-order valence-electron chi connectivity index (χ4n) is 24.8. The van der Waals surface area contributed by atoms with E-state index >= 15 is 0 Å². The third-order valence-corrected chi connectivity index (χ3v) is 29.0. The van der Waals surface area contributed by atoms with Crippen molar-refractivity contribution in [1.29, 1.82) is 0 Å². The molecular formula is C72H113NaO10. The molecule has 0 radical (unpaired) electrons. The van der Waals surface area contributed by atoms with Gasteiger partial charge in [-0.05, 0) is 310 Å². The Morgan fingerprint density at radius 2 is 0.759 bits per heavy atom. The van der Waals surface area contributed by atoms with Gasteiger partial charge in [-0.1, -0.05) is 53.7 Å². The van der Waals surface area contributed by atoms with Gasteiger partial charge < -0.3 is 30.3 Å². The van der Waals surface area contributed by atoms with Crippen molar-refractivity contribution < 1.29 is 79.0 Å². The molecule has 0 spiro atoms. The molecule has 0 heterocycles. The average molecular weight is 1160 g/mol. The Kier molecular flexibility index (Phi) is 21.1. The minimum atomic E-state index is -0.260. The van der Waals surface area contributed by atoms with Gasteiger partial charge in [-0.25, -0.2) is 4.79 Å². The van der Waals surface area contributed by atoms with Gasteiger partial charge >= 0.3 is 35.5 Å². The number of esters is 1. The summed E-state index contributed by atoms with van der Waals surface area (Å²) in [5, 5.41) is 27.2. The summed E-state index contributed by atoms with van der Waals surface area (Å²) in [6.45, 7) is 20.4. The normalized spacial score (nSPS) is 47.6. The first-order valence-corrected chi connectivity index (χ1v) is 33.7. The van der Waals surface area contributed by atoms with E-state index < -0.39 is 0 Å². The van der Waals surface area contributed by atoms with Crippen molar-refractivity contribution in [2.24, 2.45) is 121 Å². The molecule has 12 saturated carbocycles. The second-order valence-corrected chi connectivity index (χ2v) is 31.7. The van der Waals surface area contributed by atoms with Crippen molar-refractivity contribution in [1.82, 2.24) is 0 Å². The van der Waals surface area contributed by atoms with E-state index in [-0.39, 0.29) is 81.5 Å². The molecule has 13 rings (SSSR count). The number of aliphatic hydroxyl groups excluding tert-OH is 3. The number of Topliss-reactive ketones (excluding diaryl/α,β-unsaturated/α-hetero) is 3. The first kappa shape index (κ1) is 67.3. The zero-order valence-electron chi connectivity index (χ0n) is 54.0. The van der Waals surface area contributed by atoms with E-state index in [2.05, 4.69) is 41.5 Å². The average Bonchev–Trinajstić information content (AvgIpc) is 3.01. The predicted molar refractivity (Wildman–Crippen MR) is 322 cm³/mol. The van der Waals surface area contributed by atoms with Gasteiger partial charge in [-0.3, -0.25) is 14.4 Å². The summed E-state index contributed by atoms with van der Waals surface area (Å²) in [6.07, 6.45) is 32.2. The summed E-state index contributed by atoms with van der Waals surface area (Å²) >= 11 is 0. The van der Waals surface area contributed by atoms with Crippen LogP contribution in [-0.2, 0) is 19.1 Å². The van der Waals surface area contributed by atoms with Crippen LogP contribution in [0.25, 0.3) is 0 Å². The molecule has 0 aromatic heterocycles. The van der Waals surface area contributed by atoms with Crippen LogP contribution < -0.4 is 34.3 Å². The van der Waals surface area contributed by atoms with Crippen molar-refractivity contribution in [3.63, 3.8) is 0 Å². The molecule has 0 aliphatic heterocycles. The molecule has 12 fully saturated rings. The van der Waals surface area contributed by atoms with Gasteiger partial charge in [0.1, 0.15) is 34.8 Å². The molecule has 10 nitrogen and oxygen atoms in total. The Morgan fingerprint density at radius 3 is 1.12 bits per heavy atom. The molecule has 9 unspecified atom stereocenters. The van der Waals surface area contributed by atoms with Gasteiger partial charge in [0.15, 0.2) is 0 Å². The SMILES string of the molecule is CC(=O)[C@H]1CCC2C3CC[C@H]4C[C@@H](O)CC[C@]4(C)C3CC[C@@]21C.CC(=O)[C@H]1CCC2C3CC[C@H]4C[C@H](O)CC[C@]4(C)C3CC[C@@]21C.CO.COc1ccccc1C(=O)O[C@@H]1CC[C@]2(C)C3CC[C@@]4(C)C(CC[C@@H]4C(C)=O)C3CC[C@H]2C1.[Na+].[OH-]. The number of fused-ring (bicyclic) bond motifs is 15. The number of benzene rings is 1. The zero-order valence-corrected chi connectivity index (χ0v) is 56.0. The van der Waals surface area contributed by atoms with Crippen molar-refractivity contribution >= 4 is 23.3 Å². The van der Waals surface area contributed by atoms with Gasteiger partial charge in [-0.15, -0.1) is 0 Å². The number of rotatable bonds is 6. The first-order valence-electron chi connectivity index (χ1n) is 33.7. The quantitative estimate of drug-likeness (QED) is 0.183. The minimum Gasteiger partial charge on any atom is -0.870 e. The smallest absolute Gasteiger partial charge is 0.870 e. The van der Waals surface area contributed by atoms with Crippen LogP contribution in [0.3, 0.4) is 0 Å². The van der Waals surface area contributed by atoms with E-state index in [1.165, 1.54) is 109 Å². The minimum absolute atomic E-state index is 0. The molecule has 0 saturated heterocycles. The van der Waals surface area contributed by atoms with Crippen LogP contribution in [0, 0.1) is 121 Å². The molecule has 0 amide bonds. The fraction of sp³-hybridized carbons (Fsp3) is 0.861. The van der Waals surface area contributed by atoms with Crippen LogP contribution in [-0.4, -0.2) is 76.6 Å². The van der Waals surface area contributed by atoms with Gasteiger partial charge in [0.05, 0.1) is 19.3 Å². The number of aliphatic hydroxyl groups is 3. The summed E-state index contributed by atoms with van der Waals surface area (Å²) in [4.78, 5) is 49.6. The maximum Gasteiger partial charge on any atom is 1.00 e. The Hall–Kier alpha value is -1.66. The molecular weight excluding hydrogens is 1050 g/mol. The summed E-state index contributed by atoms with van der Waals surface area (Å²) < 4.78 is 11.4. The third kappa shape index (κ3) is 11.7. The van der Waals surface area contributed by atoms with Gasteiger partial charge in [0, 0.05) is 24.9 Å². The van der Waals surface area contributed by atoms with E-state index in [1.807, 2.05) is 39.0 Å². The Balaban J connectivity index is 0.000000162. The van der Waals surface area contributed by atoms with Crippen LogP contribution in [0.4, 0.5) is 0 Å². The van der Waals surface area contributed by atoms with Crippen LogP contribution in [0.15, 0.2) is 24.3 Å². The van der Waals surface area contributed by atoms with E-state index in [1.54, 1.807) is 13.2 Å². The number of ether oxygens (including phenoxy) is 2. The van der Waals surface area contributed by atoms with Crippen molar-refractivity contribution in [2.75, 3.05) is 14.2 Å². The monoisotopic (exact) mass is 1160 g/mol. The maximum atomic E-state index is 12.9. The molecule has 0 bridgehead atoms. The van der Waals surface area contributed by atoms with Crippen LogP contribution >= 0.6 is 0 Å². The van der Waals surface area contributed by atoms with Gasteiger partial charge in [0.2, 0.25) is 0 Å². The number of methoxy groups -OCH3 is 1. The van der Waals surface area contributed by atoms with Crippen molar-refractivity contribution in [2.45, 2.75) is 254 Å². The molecule has 24 atom stereocenters. The molecule has 83 heavy (non-hydrogen) atoms. The van der Waals surface area contributed by atoms with E-state index in [9.17, 15) is 29.4 Å². The second kappa shape index (κ2) is 26.0. The molecule has 1 aromatic rings. The van der Waals surface area contributed by atoms with Crippen LogP contribution in [0.1, 0.15) is 246 Å².